The highest BCUT2D eigenvalue weighted by atomic mass is 16.5. The van der Waals surface area contributed by atoms with E-state index >= 15 is 0 Å². The van der Waals surface area contributed by atoms with Crippen LogP contribution in [-0.4, -0.2) is 21.0 Å². The van der Waals surface area contributed by atoms with Crippen molar-refractivity contribution < 1.29 is 13.7 Å². The minimum absolute atomic E-state index is 0.0890. The quantitative estimate of drug-likeness (QED) is 0.752. The molecule has 1 N–H and O–H groups in total. The van der Waals surface area contributed by atoms with Gasteiger partial charge in [-0.05, 0) is 37.6 Å². The standard InChI is InChI=1S/C16H16N4O3/c1-11-5-2-7-13(17-11)18-14(21)8-3-9-15-19-16(20-23-15)12-6-4-10-22-12/h2,4-7,10H,3,8-9H2,1H3,(H,17,18,21). The fraction of sp³-hybridized carbons (Fsp3) is 0.250. The Morgan fingerprint density at radius 2 is 2.13 bits per heavy atom. The van der Waals surface area contributed by atoms with Crippen molar-refractivity contribution >= 4 is 11.7 Å². The number of carbonyl (C=O) groups is 1. The highest BCUT2D eigenvalue weighted by Crippen LogP contribution is 2.16. The number of rotatable bonds is 6. The molecule has 0 radical (unpaired) electrons. The Labute approximate surface area is 132 Å². The average Bonchev–Trinajstić information content (AvgIpc) is 3.18. The summed E-state index contributed by atoms with van der Waals surface area (Å²) < 4.78 is 10.3. The van der Waals surface area contributed by atoms with Crippen molar-refractivity contribution in [1.29, 1.82) is 0 Å². The van der Waals surface area contributed by atoms with Gasteiger partial charge in [0.05, 0.1) is 6.26 Å². The average molecular weight is 312 g/mol. The molecule has 0 fully saturated rings. The first-order chi connectivity index (χ1) is 11.2. The van der Waals surface area contributed by atoms with Crippen LogP contribution in [0.2, 0.25) is 0 Å². The van der Waals surface area contributed by atoms with Gasteiger partial charge < -0.3 is 14.3 Å². The van der Waals surface area contributed by atoms with Crippen LogP contribution in [0.25, 0.3) is 11.6 Å². The van der Waals surface area contributed by atoms with Gasteiger partial charge in [-0.1, -0.05) is 11.2 Å². The van der Waals surface area contributed by atoms with Crippen LogP contribution < -0.4 is 5.32 Å². The van der Waals surface area contributed by atoms with Gasteiger partial charge in [-0.3, -0.25) is 4.79 Å². The molecule has 0 aliphatic rings. The van der Waals surface area contributed by atoms with Gasteiger partial charge in [0.1, 0.15) is 5.82 Å². The van der Waals surface area contributed by atoms with Crippen molar-refractivity contribution in [3.8, 4) is 11.6 Å². The van der Waals surface area contributed by atoms with Crippen molar-refractivity contribution in [3.05, 3.63) is 48.2 Å². The van der Waals surface area contributed by atoms with Gasteiger partial charge in [0.25, 0.3) is 0 Å². The molecule has 3 aromatic rings. The summed E-state index contributed by atoms with van der Waals surface area (Å²) in [4.78, 5) is 20.3. The third-order valence-corrected chi connectivity index (χ3v) is 3.16. The second kappa shape index (κ2) is 6.87. The van der Waals surface area contributed by atoms with E-state index < -0.39 is 0 Å². The molecule has 0 aromatic carbocycles. The maximum absolute atomic E-state index is 11.9. The van der Waals surface area contributed by atoms with Crippen molar-refractivity contribution in [2.75, 3.05) is 5.32 Å². The van der Waals surface area contributed by atoms with Crippen molar-refractivity contribution in [1.82, 2.24) is 15.1 Å². The van der Waals surface area contributed by atoms with Gasteiger partial charge in [0.2, 0.25) is 17.6 Å². The predicted molar refractivity (Wildman–Crippen MR) is 82.5 cm³/mol. The van der Waals surface area contributed by atoms with Crippen LogP contribution in [0, 0.1) is 6.92 Å². The van der Waals surface area contributed by atoms with Gasteiger partial charge in [0.15, 0.2) is 5.76 Å². The van der Waals surface area contributed by atoms with E-state index in [4.69, 9.17) is 8.94 Å². The number of hydrogen-bond donors (Lipinski definition) is 1. The highest BCUT2D eigenvalue weighted by Gasteiger charge is 2.11. The molecule has 1 amide bonds. The zero-order chi connectivity index (χ0) is 16.1. The number of nitrogens with one attached hydrogen (secondary N) is 1. The van der Waals surface area contributed by atoms with Crippen LogP contribution in [0.1, 0.15) is 24.4 Å². The van der Waals surface area contributed by atoms with E-state index in [-0.39, 0.29) is 5.91 Å². The van der Waals surface area contributed by atoms with E-state index in [0.717, 1.165) is 5.69 Å². The maximum Gasteiger partial charge on any atom is 0.238 e. The molecule has 0 bridgehead atoms. The molecule has 3 aromatic heterocycles. The number of aromatic nitrogens is 3. The van der Waals surface area contributed by atoms with Gasteiger partial charge >= 0.3 is 0 Å². The summed E-state index contributed by atoms with van der Waals surface area (Å²) in [6, 6.07) is 9.01. The zero-order valence-electron chi connectivity index (χ0n) is 12.7. The lowest BCUT2D eigenvalue weighted by Gasteiger charge is -2.04. The van der Waals surface area contributed by atoms with Crippen molar-refractivity contribution in [2.24, 2.45) is 0 Å². The summed E-state index contributed by atoms with van der Waals surface area (Å²) in [6.07, 6.45) is 3.04. The second-order valence-corrected chi connectivity index (χ2v) is 5.05. The topological polar surface area (TPSA) is 94.1 Å². The highest BCUT2D eigenvalue weighted by molar-refractivity contribution is 5.89. The van der Waals surface area contributed by atoms with E-state index in [1.54, 1.807) is 24.5 Å². The molecular weight excluding hydrogens is 296 g/mol. The number of furan rings is 1. The first kappa shape index (κ1) is 15.0. The molecule has 118 valence electrons. The smallest absolute Gasteiger partial charge is 0.238 e. The Kier molecular flexibility index (Phi) is 4.46. The molecule has 0 unspecified atom stereocenters. The summed E-state index contributed by atoms with van der Waals surface area (Å²) >= 11 is 0. The molecule has 0 aliphatic carbocycles. The lowest BCUT2D eigenvalue weighted by molar-refractivity contribution is -0.116. The summed E-state index contributed by atoms with van der Waals surface area (Å²) in [6.45, 7) is 1.88. The number of carbonyl (C=O) groups excluding carboxylic acids is 1. The molecule has 7 nitrogen and oxygen atoms in total. The first-order valence-corrected chi connectivity index (χ1v) is 7.31. The largest absolute Gasteiger partial charge is 0.461 e. The number of aryl methyl sites for hydroxylation is 2. The SMILES string of the molecule is Cc1cccc(NC(=O)CCCc2nc(-c3ccco3)no2)n1. The van der Waals surface area contributed by atoms with Crippen molar-refractivity contribution in [3.63, 3.8) is 0 Å². The number of pyridine rings is 1. The monoisotopic (exact) mass is 312 g/mol. The maximum atomic E-state index is 11.9. The van der Waals surface area contributed by atoms with Crippen LogP contribution in [-0.2, 0) is 11.2 Å². The van der Waals surface area contributed by atoms with E-state index in [0.29, 0.717) is 42.6 Å². The first-order valence-electron chi connectivity index (χ1n) is 7.31. The van der Waals surface area contributed by atoms with Gasteiger partial charge in [-0.15, -0.1) is 0 Å². The minimum atomic E-state index is -0.0890. The molecule has 3 rings (SSSR count). The molecule has 0 spiro atoms. The molecule has 0 aliphatic heterocycles. The third kappa shape index (κ3) is 4.03. The normalized spacial score (nSPS) is 10.7. The molecule has 0 saturated carbocycles. The lowest BCUT2D eigenvalue weighted by Crippen LogP contribution is -2.12. The van der Waals surface area contributed by atoms with Gasteiger partial charge in [-0.25, -0.2) is 4.98 Å². The minimum Gasteiger partial charge on any atom is -0.461 e. The van der Waals surface area contributed by atoms with E-state index in [2.05, 4.69) is 20.4 Å². The number of nitrogens with zero attached hydrogens (tertiary/aromatic N) is 3. The Hall–Kier alpha value is -2.96. The third-order valence-electron chi connectivity index (χ3n) is 3.16. The molecule has 3 heterocycles. The van der Waals surface area contributed by atoms with Crippen molar-refractivity contribution in [2.45, 2.75) is 26.2 Å². The van der Waals surface area contributed by atoms with Gasteiger partial charge in [0, 0.05) is 18.5 Å². The van der Waals surface area contributed by atoms with Gasteiger partial charge in [-0.2, -0.15) is 4.98 Å². The van der Waals surface area contributed by atoms with Crippen LogP contribution in [0.5, 0.6) is 0 Å². The second-order valence-electron chi connectivity index (χ2n) is 5.05. The zero-order valence-corrected chi connectivity index (χ0v) is 12.7. The number of amides is 1. The van der Waals surface area contributed by atoms with Crippen LogP contribution in [0.4, 0.5) is 5.82 Å². The number of anilines is 1. The summed E-state index contributed by atoms with van der Waals surface area (Å²) in [5, 5.41) is 6.61. The predicted octanol–water partition coefficient (Wildman–Crippen LogP) is 2.99. The molecule has 23 heavy (non-hydrogen) atoms. The van der Waals surface area contributed by atoms with Crippen LogP contribution in [0.3, 0.4) is 0 Å². The Bertz CT molecular complexity index is 780. The molecule has 0 saturated heterocycles. The molecule has 7 heteroatoms. The van der Waals surface area contributed by atoms with E-state index in [1.807, 2.05) is 19.1 Å². The molecule has 0 atom stereocenters. The summed E-state index contributed by atoms with van der Waals surface area (Å²) in [5.74, 6) is 1.93. The molecular formula is C16H16N4O3. The Morgan fingerprint density at radius 1 is 1.22 bits per heavy atom. The van der Waals surface area contributed by atoms with Crippen LogP contribution >= 0.6 is 0 Å². The summed E-state index contributed by atoms with van der Waals surface area (Å²) in [5.41, 5.74) is 0.860. The fourth-order valence-corrected chi connectivity index (χ4v) is 2.08. The Morgan fingerprint density at radius 3 is 2.91 bits per heavy atom. The Balaban J connectivity index is 1.47. The number of hydrogen-bond acceptors (Lipinski definition) is 6. The van der Waals surface area contributed by atoms with Crippen LogP contribution in [0.15, 0.2) is 45.5 Å². The summed E-state index contributed by atoms with van der Waals surface area (Å²) in [7, 11) is 0. The van der Waals surface area contributed by atoms with E-state index in [1.165, 1.54) is 0 Å². The lowest BCUT2D eigenvalue weighted by atomic mass is 10.2. The van der Waals surface area contributed by atoms with E-state index in [9.17, 15) is 4.79 Å². The fourth-order valence-electron chi connectivity index (χ4n) is 2.08.